The summed E-state index contributed by atoms with van der Waals surface area (Å²) >= 11 is 0. The zero-order valence-electron chi connectivity index (χ0n) is 15.0. The summed E-state index contributed by atoms with van der Waals surface area (Å²) in [5.41, 5.74) is 4.51. The number of nitrogens with one attached hydrogen (secondary N) is 1. The van der Waals surface area contributed by atoms with E-state index in [9.17, 15) is 4.79 Å². The third kappa shape index (κ3) is 2.63. The van der Waals surface area contributed by atoms with Crippen LogP contribution in [0.15, 0.2) is 73.3 Å². The Morgan fingerprint density at radius 3 is 2.96 bits per heavy atom. The standard InChI is InChI=1S/C22H20N4O/c1-25-14-19(18-7-10-24-21(18)22(25)27)16-6-5-15-8-11-26(20(15)12-16)13-17-4-2-3-9-23-17/h2-12,14,18,21,24H,13H2,1H3. The molecule has 2 aliphatic heterocycles. The van der Waals surface area contributed by atoms with E-state index in [1.165, 1.54) is 10.9 Å². The molecule has 2 unspecified atom stereocenters. The fraction of sp³-hybridized carbons (Fsp3) is 0.182. The zero-order chi connectivity index (χ0) is 18.4. The maximum atomic E-state index is 12.4. The number of hydrogen-bond acceptors (Lipinski definition) is 3. The molecule has 134 valence electrons. The van der Waals surface area contributed by atoms with Gasteiger partial charge in [-0.2, -0.15) is 0 Å². The molecule has 4 heterocycles. The van der Waals surface area contributed by atoms with E-state index in [4.69, 9.17) is 0 Å². The van der Waals surface area contributed by atoms with Crippen molar-refractivity contribution in [2.75, 3.05) is 7.05 Å². The van der Waals surface area contributed by atoms with Gasteiger partial charge in [-0.15, -0.1) is 0 Å². The van der Waals surface area contributed by atoms with Crippen LogP contribution in [0.4, 0.5) is 0 Å². The van der Waals surface area contributed by atoms with Crippen LogP contribution in [-0.4, -0.2) is 33.4 Å². The first-order chi connectivity index (χ1) is 13.2. The van der Waals surface area contributed by atoms with Crippen molar-refractivity contribution in [1.82, 2.24) is 19.8 Å². The summed E-state index contributed by atoms with van der Waals surface area (Å²) in [6.07, 6.45) is 9.87. The van der Waals surface area contributed by atoms with Gasteiger partial charge < -0.3 is 14.8 Å². The Balaban J connectivity index is 1.56. The van der Waals surface area contributed by atoms with Gasteiger partial charge in [0.2, 0.25) is 5.91 Å². The lowest BCUT2D eigenvalue weighted by Crippen LogP contribution is -2.46. The van der Waals surface area contributed by atoms with E-state index < -0.39 is 0 Å². The average Bonchev–Trinajstić information content (AvgIpc) is 3.33. The minimum Gasteiger partial charge on any atom is -0.379 e. The van der Waals surface area contributed by atoms with Gasteiger partial charge in [-0.05, 0) is 47.0 Å². The van der Waals surface area contributed by atoms with Crippen molar-refractivity contribution in [3.05, 3.63) is 84.6 Å². The summed E-state index contributed by atoms with van der Waals surface area (Å²) in [7, 11) is 1.82. The first-order valence-electron chi connectivity index (χ1n) is 9.11. The molecule has 2 atom stereocenters. The van der Waals surface area contributed by atoms with Gasteiger partial charge >= 0.3 is 0 Å². The number of carbonyl (C=O) groups is 1. The number of rotatable bonds is 3. The predicted molar refractivity (Wildman–Crippen MR) is 106 cm³/mol. The molecule has 1 amide bonds. The fourth-order valence-corrected chi connectivity index (χ4v) is 4.00. The second kappa shape index (κ2) is 6.13. The molecule has 5 nitrogen and oxygen atoms in total. The topological polar surface area (TPSA) is 50.2 Å². The van der Waals surface area contributed by atoms with Crippen molar-refractivity contribution < 1.29 is 4.79 Å². The lowest BCUT2D eigenvalue weighted by Gasteiger charge is -2.31. The Labute approximate surface area is 157 Å². The minimum absolute atomic E-state index is 0.0744. The van der Waals surface area contributed by atoms with Crippen molar-refractivity contribution in [3.8, 4) is 0 Å². The van der Waals surface area contributed by atoms with E-state index in [0.29, 0.717) is 0 Å². The van der Waals surface area contributed by atoms with Crippen molar-refractivity contribution in [3.63, 3.8) is 0 Å². The summed E-state index contributed by atoms with van der Waals surface area (Å²) < 4.78 is 2.22. The highest BCUT2D eigenvalue weighted by molar-refractivity contribution is 5.93. The highest BCUT2D eigenvalue weighted by Gasteiger charge is 2.37. The molecule has 1 aromatic carbocycles. The van der Waals surface area contributed by atoms with Crippen LogP contribution in [0, 0.1) is 5.92 Å². The number of likely N-dealkylation sites (N-methyl/N-ethyl adjacent to an activating group) is 1. The molecule has 0 saturated carbocycles. The van der Waals surface area contributed by atoms with Crippen molar-refractivity contribution in [2.24, 2.45) is 5.92 Å². The number of benzene rings is 1. The molecule has 5 heteroatoms. The Morgan fingerprint density at radius 1 is 1.19 bits per heavy atom. The lowest BCUT2D eigenvalue weighted by atomic mass is 9.85. The maximum absolute atomic E-state index is 12.4. The molecule has 5 rings (SSSR count). The first kappa shape index (κ1) is 15.9. The number of nitrogens with zero attached hydrogens (tertiary/aromatic N) is 3. The van der Waals surface area contributed by atoms with Gasteiger partial charge in [0.15, 0.2) is 0 Å². The van der Waals surface area contributed by atoms with Crippen molar-refractivity contribution >= 4 is 22.4 Å². The number of amides is 1. The van der Waals surface area contributed by atoms with Gasteiger partial charge in [0, 0.05) is 37.1 Å². The molecular formula is C22H20N4O. The zero-order valence-corrected chi connectivity index (χ0v) is 15.0. The maximum Gasteiger partial charge on any atom is 0.249 e. The molecule has 0 saturated heterocycles. The van der Waals surface area contributed by atoms with Gasteiger partial charge in [-0.25, -0.2) is 0 Å². The molecule has 2 aliphatic rings. The predicted octanol–water partition coefficient (Wildman–Crippen LogP) is 3.00. The molecule has 0 radical (unpaired) electrons. The van der Waals surface area contributed by atoms with Crippen LogP contribution in [-0.2, 0) is 11.3 Å². The van der Waals surface area contributed by atoms with Gasteiger partial charge in [-0.3, -0.25) is 9.78 Å². The van der Waals surface area contributed by atoms with E-state index in [1.807, 2.05) is 43.8 Å². The van der Waals surface area contributed by atoms with Crippen LogP contribution in [0.25, 0.3) is 16.5 Å². The molecule has 0 aliphatic carbocycles. The molecule has 1 N–H and O–H groups in total. The van der Waals surface area contributed by atoms with Gasteiger partial charge in [-0.1, -0.05) is 24.3 Å². The Kier molecular flexibility index (Phi) is 3.60. The second-order valence-corrected chi connectivity index (χ2v) is 7.10. The van der Waals surface area contributed by atoms with Crippen molar-refractivity contribution in [1.29, 1.82) is 0 Å². The number of pyridine rings is 1. The van der Waals surface area contributed by atoms with E-state index in [1.54, 1.807) is 4.90 Å². The number of fused-ring (bicyclic) bond motifs is 2. The van der Waals surface area contributed by atoms with E-state index in [2.05, 4.69) is 51.4 Å². The Hall–Kier alpha value is -3.34. The second-order valence-electron chi connectivity index (χ2n) is 7.10. The monoisotopic (exact) mass is 356 g/mol. The van der Waals surface area contributed by atoms with Gasteiger partial charge in [0.25, 0.3) is 0 Å². The first-order valence-corrected chi connectivity index (χ1v) is 9.11. The average molecular weight is 356 g/mol. The highest BCUT2D eigenvalue weighted by Crippen LogP contribution is 2.35. The SMILES string of the molecule is CN1C=C(c2ccc3ccn(Cc4ccccn4)c3c2)C2C=CNC2C1=O. The van der Waals surface area contributed by atoms with Crippen LogP contribution in [0.5, 0.6) is 0 Å². The summed E-state index contributed by atoms with van der Waals surface area (Å²) in [4.78, 5) is 18.5. The molecule has 3 aromatic rings. The van der Waals surface area contributed by atoms with Crippen LogP contribution in [0.1, 0.15) is 11.3 Å². The minimum atomic E-state index is -0.203. The molecule has 27 heavy (non-hydrogen) atoms. The summed E-state index contributed by atoms with van der Waals surface area (Å²) in [5.74, 6) is 0.179. The highest BCUT2D eigenvalue weighted by atomic mass is 16.2. The molecule has 0 bridgehead atoms. The molecule has 2 aromatic heterocycles. The number of hydrogen-bond donors (Lipinski definition) is 1. The quantitative estimate of drug-likeness (QED) is 0.785. The van der Waals surface area contributed by atoms with Gasteiger partial charge in [0.05, 0.1) is 12.2 Å². The van der Waals surface area contributed by atoms with E-state index in [-0.39, 0.29) is 17.9 Å². The third-order valence-electron chi connectivity index (χ3n) is 5.41. The largest absolute Gasteiger partial charge is 0.379 e. The van der Waals surface area contributed by atoms with E-state index in [0.717, 1.165) is 23.4 Å². The molecule has 0 fully saturated rings. The summed E-state index contributed by atoms with van der Waals surface area (Å²) in [5, 5.41) is 4.39. The van der Waals surface area contributed by atoms with Crippen LogP contribution in [0.3, 0.4) is 0 Å². The van der Waals surface area contributed by atoms with Crippen molar-refractivity contribution in [2.45, 2.75) is 12.6 Å². The molecule has 0 spiro atoms. The molecular weight excluding hydrogens is 336 g/mol. The Morgan fingerprint density at radius 2 is 2.11 bits per heavy atom. The normalized spacial score (nSPS) is 21.3. The van der Waals surface area contributed by atoms with Crippen LogP contribution >= 0.6 is 0 Å². The van der Waals surface area contributed by atoms with Crippen LogP contribution < -0.4 is 5.32 Å². The van der Waals surface area contributed by atoms with Gasteiger partial charge in [0.1, 0.15) is 6.04 Å². The third-order valence-corrected chi connectivity index (χ3v) is 5.41. The number of carbonyl (C=O) groups excluding carboxylic acids is 1. The lowest BCUT2D eigenvalue weighted by molar-refractivity contribution is -0.130. The smallest absolute Gasteiger partial charge is 0.249 e. The summed E-state index contributed by atoms with van der Waals surface area (Å²) in [6, 6.07) is 14.4. The summed E-state index contributed by atoms with van der Waals surface area (Å²) in [6.45, 7) is 0.735. The van der Waals surface area contributed by atoms with E-state index >= 15 is 0 Å². The fourth-order valence-electron chi connectivity index (χ4n) is 4.00. The van der Waals surface area contributed by atoms with Crippen LogP contribution in [0.2, 0.25) is 0 Å². The number of aromatic nitrogens is 2. The Bertz CT molecular complexity index is 1080.